The molecule has 0 aromatic heterocycles. The van der Waals surface area contributed by atoms with Crippen molar-refractivity contribution in [1.82, 2.24) is 4.72 Å². The van der Waals surface area contributed by atoms with E-state index >= 15 is 0 Å². The fraction of sp³-hybridized carbons (Fsp3) is 0.400. The number of hydrogen-bond acceptors (Lipinski definition) is 5. The summed E-state index contributed by atoms with van der Waals surface area (Å²) in [6.45, 7) is 1.59. The van der Waals surface area contributed by atoms with Gasteiger partial charge in [-0.3, -0.25) is 0 Å². The van der Waals surface area contributed by atoms with Crippen molar-refractivity contribution in [1.29, 1.82) is 0 Å². The maximum absolute atomic E-state index is 11.4. The lowest BCUT2D eigenvalue weighted by molar-refractivity contribution is 0.402. The summed E-state index contributed by atoms with van der Waals surface area (Å²) in [5, 5.41) is 5.08. The molecule has 0 spiro atoms. The van der Waals surface area contributed by atoms with Crippen LogP contribution in [0.4, 0.5) is 0 Å². The van der Waals surface area contributed by atoms with Gasteiger partial charge in [-0.05, 0) is 24.6 Å². The van der Waals surface area contributed by atoms with Crippen LogP contribution >= 0.6 is 0 Å². The third kappa shape index (κ3) is 4.46. The first-order valence-electron chi connectivity index (χ1n) is 5.22. The average Bonchev–Trinajstić information content (AvgIpc) is 2.24. The molecule has 0 amide bonds. The Bertz CT molecular complexity index is 667. The van der Waals surface area contributed by atoms with Crippen LogP contribution in [0.2, 0.25) is 0 Å². The number of rotatable bonds is 5. The van der Waals surface area contributed by atoms with Crippen molar-refractivity contribution in [2.75, 3.05) is 13.4 Å². The van der Waals surface area contributed by atoms with E-state index in [1.54, 1.807) is 13.0 Å². The third-order valence-corrected chi connectivity index (χ3v) is 4.10. The molecule has 3 N–H and O–H groups in total. The van der Waals surface area contributed by atoms with Crippen LogP contribution in [-0.2, 0) is 20.0 Å². The van der Waals surface area contributed by atoms with E-state index in [-0.39, 0.29) is 10.6 Å². The summed E-state index contributed by atoms with van der Waals surface area (Å²) in [4.78, 5) is -0.186. The smallest absolute Gasteiger partial charge is 0.241 e. The van der Waals surface area contributed by atoms with Crippen molar-refractivity contribution in [2.45, 2.75) is 17.9 Å². The van der Waals surface area contributed by atoms with Crippen LogP contribution < -0.4 is 14.6 Å². The van der Waals surface area contributed by atoms with Crippen LogP contribution in [0.25, 0.3) is 0 Å². The average molecular weight is 308 g/mol. The van der Waals surface area contributed by atoms with Gasteiger partial charge in [0, 0.05) is 6.04 Å². The molecule has 0 aliphatic heterocycles. The van der Waals surface area contributed by atoms with E-state index in [0.29, 0.717) is 5.56 Å². The van der Waals surface area contributed by atoms with Crippen molar-refractivity contribution < 1.29 is 21.6 Å². The predicted octanol–water partition coefficient (Wildman–Crippen LogP) is -0.0472. The fourth-order valence-electron chi connectivity index (χ4n) is 1.57. The van der Waals surface area contributed by atoms with Gasteiger partial charge in [-0.15, -0.1) is 0 Å². The predicted molar refractivity (Wildman–Crippen MR) is 70.8 cm³/mol. The van der Waals surface area contributed by atoms with Gasteiger partial charge in [0.25, 0.3) is 0 Å². The number of hydrogen-bond donors (Lipinski definition) is 2. The van der Waals surface area contributed by atoms with E-state index in [4.69, 9.17) is 9.88 Å². The molecular weight excluding hydrogens is 292 g/mol. The SMILES string of the molecule is COc1ccc(C(C)NS(C)(=O)=O)cc1S(N)(=O)=O. The number of nitrogens with two attached hydrogens (primary N) is 1. The first-order chi connectivity index (χ1) is 8.54. The van der Waals surface area contributed by atoms with Gasteiger partial charge in [0.15, 0.2) is 0 Å². The summed E-state index contributed by atoms with van der Waals surface area (Å²) >= 11 is 0. The second-order valence-corrected chi connectivity index (χ2v) is 7.38. The Morgan fingerprint density at radius 3 is 2.26 bits per heavy atom. The number of ether oxygens (including phenoxy) is 1. The molecule has 1 atom stereocenters. The topological polar surface area (TPSA) is 116 Å². The normalized spacial score (nSPS) is 14.1. The van der Waals surface area contributed by atoms with Gasteiger partial charge in [0.1, 0.15) is 10.6 Å². The van der Waals surface area contributed by atoms with Crippen LogP contribution in [0, 0.1) is 0 Å². The van der Waals surface area contributed by atoms with Crippen molar-refractivity contribution in [2.24, 2.45) is 5.14 Å². The fourth-order valence-corrected chi connectivity index (χ4v) is 3.08. The van der Waals surface area contributed by atoms with Crippen LogP contribution in [0.15, 0.2) is 23.1 Å². The zero-order valence-corrected chi connectivity index (χ0v) is 12.4. The minimum Gasteiger partial charge on any atom is -0.495 e. The number of methoxy groups -OCH3 is 1. The Hall–Kier alpha value is -1.16. The highest BCUT2D eigenvalue weighted by Gasteiger charge is 2.18. The summed E-state index contributed by atoms with van der Waals surface area (Å²) < 4.78 is 52.4. The van der Waals surface area contributed by atoms with Gasteiger partial charge in [-0.2, -0.15) is 0 Å². The highest BCUT2D eigenvalue weighted by Crippen LogP contribution is 2.26. The van der Waals surface area contributed by atoms with Crippen molar-refractivity contribution >= 4 is 20.0 Å². The van der Waals surface area contributed by atoms with Gasteiger partial charge < -0.3 is 4.74 Å². The molecule has 0 bridgehead atoms. The molecule has 1 unspecified atom stereocenters. The largest absolute Gasteiger partial charge is 0.495 e. The molecular formula is C10H16N2O5S2. The van der Waals surface area contributed by atoms with Crippen LogP contribution in [0.5, 0.6) is 5.75 Å². The second-order valence-electron chi connectivity index (χ2n) is 4.07. The molecule has 7 nitrogen and oxygen atoms in total. The van der Waals surface area contributed by atoms with E-state index in [1.165, 1.54) is 19.2 Å². The van der Waals surface area contributed by atoms with E-state index in [1.807, 2.05) is 0 Å². The van der Waals surface area contributed by atoms with Gasteiger partial charge >= 0.3 is 0 Å². The number of primary sulfonamides is 1. The minimum atomic E-state index is -3.95. The van der Waals surface area contributed by atoms with Crippen molar-refractivity contribution in [3.05, 3.63) is 23.8 Å². The Kier molecular flexibility index (Phi) is 4.56. The zero-order valence-electron chi connectivity index (χ0n) is 10.7. The molecule has 0 saturated carbocycles. The lowest BCUT2D eigenvalue weighted by atomic mass is 10.1. The van der Waals surface area contributed by atoms with E-state index in [2.05, 4.69) is 4.72 Å². The molecule has 0 radical (unpaired) electrons. The molecule has 0 fully saturated rings. The van der Waals surface area contributed by atoms with Gasteiger partial charge in [-0.1, -0.05) is 6.07 Å². The highest BCUT2D eigenvalue weighted by molar-refractivity contribution is 7.89. The zero-order chi connectivity index (χ0) is 14.8. The summed E-state index contributed by atoms with van der Waals surface area (Å²) in [6.07, 6.45) is 1.02. The van der Waals surface area contributed by atoms with Crippen molar-refractivity contribution in [3.63, 3.8) is 0 Å². The van der Waals surface area contributed by atoms with E-state index in [0.717, 1.165) is 6.26 Å². The highest BCUT2D eigenvalue weighted by atomic mass is 32.2. The molecule has 1 rings (SSSR count). The Balaban J connectivity index is 3.26. The van der Waals surface area contributed by atoms with Gasteiger partial charge in [-0.25, -0.2) is 26.7 Å². The number of sulfonamides is 2. The molecule has 0 aliphatic rings. The van der Waals surface area contributed by atoms with Crippen molar-refractivity contribution in [3.8, 4) is 5.75 Å². The molecule has 108 valence electrons. The first-order valence-corrected chi connectivity index (χ1v) is 8.66. The molecule has 9 heteroatoms. The summed E-state index contributed by atoms with van der Waals surface area (Å²) in [6, 6.07) is 3.70. The maximum Gasteiger partial charge on any atom is 0.241 e. The maximum atomic E-state index is 11.4. The third-order valence-electron chi connectivity index (χ3n) is 2.39. The quantitative estimate of drug-likeness (QED) is 0.791. The molecule has 0 aliphatic carbocycles. The summed E-state index contributed by atoms with van der Waals surface area (Å²) in [5.74, 6) is 0.109. The van der Waals surface area contributed by atoms with Crippen LogP contribution in [0.1, 0.15) is 18.5 Å². The Morgan fingerprint density at radius 1 is 1.26 bits per heavy atom. The summed E-state index contributed by atoms with van der Waals surface area (Å²) in [7, 11) is -6.02. The minimum absolute atomic E-state index is 0.109. The molecule has 0 heterocycles. The molecule has 0 saturated heterocycles. The lowest BCUT2D eigenvalue weighted by Crippen LogP contribution is -2.25. The number of nitrogens with one attached hydrogen (secondary N) is 1. The standard InChI is InChI=1S/C10H16N2O5S2/c1-7(12-18(3,13)14)8-4-5-9(17-2)10(6-8)19(11,15)16/h4-7,12H,1-3H3,(H2,11,15,16). The summed E-state index contributed by atoms with van der Waals surface area (Å²) in [5.41, 5.74) is 0.468. The van der Waals surface area contributed by atoms with Crippen LogP contribution in [0.3, 0.4) is 0 Å². The van der Waals surface area contributed by atoms with Crippen LogP contribution in [-0.4, -0.2) is 30.2 Å². The molecule has 1 aromatic rings. The number of benzene rings is 1. The molecule has 1 aromatic carbocycles. The monoisotopic (exact) mass is 308 g/mol. The van der Waals surface area contributed by atoms with Gasteiger partial charge in [0.2, 0.25) is 20.0 Å². The Morgan fingerprint density at radius 2 is 1.84 bits per heavy atom. The van der Waals surface area contributed by atoms with E-state index in [9.17, 15) is 16.8 Å². The second kappa shape index (κ2) is 5.45. The lowest BCUT2D eigenvalue weighted by Gasteiger charge is -2.15. The molecule has 19 heavy (non-hydrogen) atoms. The van der Waals surface area contributed by atoms with Gasteiger partial charge in [0.05, 0.1) is 13.4 Å². The Labute approximate surface area is 112 Å². The van der Waals surface area contributed by atoms with E-state index < -0.39 is 26.1 Å². The first kappa shape index (κ1) is 15.9.